The van der Waals surface area contributed by atoms with Gasteiger partial charge in [0.15, 0.2) is 0 Å². The van der Waals surface area contributed by atoms with E-state index in [0.29, 0.717) is 0 Å². The van der Waals surface area contributed by atoms with E-state index in [0.717, 1.165) is 18.8 Å². The van der Waals surface area contributed by atoms with Crippen molar-refractivity contribution in [1.82, 2.24) is 4.98 Å². The summed E-state index contributed by atoms with van der Waals surface area (Å²) in [6, 6.07) is 4.14. The second-order valence-electron chi connectivity index (χ2n) is 4.27. The highest BCUT2D eigenvalue weighted by Gasteiger charge is 2.32. The average molecular weight is 222 g/mol. The van der Waals surface area contributed by atoms with E-state index in [1.807, 2.05) is 19.1 Å². The van der Waals surface area contributed by atoms with Crippen LogP contribution in [0.5, 0.6) is 0 Å². The van der Waals surface area contributed by atoms with E-state index in [4.69, 9.17) is 4.74 Å². The fourth-order valence-electron chi connectivity index (χ4n) is 2.18. The van der Waals surface area contributed by atoms with E-state index in [2.05, 4.69) is 9.88 Å². The molecule has 0 unspecified atom stereocenters. The summed E-state index contributed by atoms with van der Waals surface area (Å²) in [6.45, 7) is 3.00. The number of aryl methyl sites for hydroxylation is 1. The maximum atomic E-state index is 9.36. The van der Waals surface area contributed by atoms with Crippen LogP contribution in [0.25, 0.3) is 0 Å². The topological polar surface area (TPSA) is 45.6 Å². The van der Waals surface area contributed by atoms with Gasteiger partial charge in [0, 0.05) is 19.9 Å². The van der Waals surface area contributed by atoms with E-state index in [1.54, 1.807) is 13.3 Å². The predicted octanol–water partition coefficient (Wildman–Crippen LogP) is 0.976. The lowest BCUT2D eigenvalue weighted by molar-refractivity contribution is 0.115. The molecule has 1 aliphatic rings. The van der Waals surface area contributed by atoms with Crippen LogP contribution in [0.3, 0.4) is 0 Å². The fraction of sp³-hybridized carbons (Fsp3) is 0.583. The number of aliphatic hydroxyl groups is 1. The third-order valence-electron chi connectivity index (χ3n) is 3.12. The third-order valence-corrected chi connectivity index (χ3v) is 3.12. The lowest BCUT2D eigenvalue weighted by Crippen LogP contribution is -2.33. The first-order valence-corrected chi connectivity index (χ1v) is 5.57. The number of nitrogens with zero attached hydrogens (tertiary/aromatic N) is 2. The zero-order valence-electron chi connectivity index (χ0n) is 9.76. The van der Waals surface area contributed by atoms with Crippen molar-refractivity contribution >= 4 is 5.82 Å². The Morgan fingerprint density at radius 3 is 3.06 bits per heavy atom. The zero-order valence-corrected chi connectivity index (χ0v) is 9.76. The minimum Gasteiger partial charge on any atom is -0.394 e. The van der Waals surface area contributed by atoms with Crippen molar-refractivity contribution in [3.05, 3.63) is 23.9 Å². The summed E-state index contributed by atoms with van der Waals surface area (Å²) in [5.74, 6) is 0.929. The molecule has 16 heavy (non-hydrogen) atoms. The Morgan fingerprint density at radius 1 is 1.62 bits per heavy atom. The number of rotatable bonds is 3. The smallest absolute Gasteiger partial charge is 0.129 e. The van der Waals surface area contributed by atoms with Gasteiger partial charge in [0.25, 0.3) is 0 Å². The highest BCUT2D eigenvalue weighted by molar-refractivity contribution is 5.43. The van der Waals surface area contributed by atoms with E-state index in [9.17, 15) is 5.11 Å². The summed E-state index contributed by atoms with van der Waals surface area (Å²) in [5, 5.41) is 9.36. The van der Waals surface area contributed by atoms with Gasteiger partial charge in [0.2, 0.25) is 0 Å². The molecule has 4 nitrogen and oxygen atoms in total. The second-order valence-corrected chi connectivity index (χ2v) is 4.27. The first-order valence-electron chi connectivity index (χ1n) is 5.57. The van der Waals surface area contributed by atoms with Crippen LogP contribution < -0.4 is 4.90 Å². The molecular weight excluding hydrogens is 204 g/mol. The van der Waals surface area contributed by atoms with Gasteiger partial charge in [-0.1, -0.05) is 0 Å². The van der Waals surface area contributed by atoms with Crippen LogP contribution in [-0.2, 0) is 4.74 Å². The maximum absolute atomic E-state index is 9.36. The molecular formula is C12H18N2O2. The van der Waals surface area contributed by atoms with Gasteiger partial charge >= 0.3 is 0 Å². The average Bonchev–Trinajstić information content (AvgIpc) is 2.72. The van der Waals surface area contributed by atoms with Crippen molar-refractivity contribution in [2.75, 3.05) is 25.2 Å². The molecule has 4 heteroatoms. The van der Waals surface area contributed by atoms with Gasteiger partial charge in [-0.3, -0.25) is 0 Å². The molecule has 0 aromatic carbocycles. The summed E-state index contributed by atoms with van der Waals surface area (Å²) < 4.78 is 5.34. The molecule has 2 atom stereocenters. The zero-order chi connectivity index (χ0) is 11.5. The van der Waals surface area contributed by atoms with Gasteiger partial charge in [-0.2, -0.15) is 0 Å². The van der Waals surface area contributed by atoms with Crippen molar-refractivity contribution < 1.29 is 9.84 Å². The molecule has 2 rings (SSSR count). The highest BCUT2D eigenvalue weighted by atomic mass is 16.5. The molecule has 1 N–H and O–H groups in total. The van der Waals surface area contributed by atoms with Crippen LogP contribution in [0.1, 0.15) is 12.0 Å². The van der Waals surface area contributed by atoms with Crippen LogP contribution in [0.2, 0.25) is 0 Å². The molecule has 0 radical (unpaired) electrons. The van der Waals surface area contributed by atoms with E-state index in [1.165, 1.54) is 5.56 Å². The molecule has 1 saturated heterocycles. The number of pyridine rings is 1. The quantitative estimate of drug-likeness (QED) is 0.828. The van der Waals surface area contributed by atoms with Gasteiger partial charge in [0.1, 0.15) is 5.82 Å². The van der Waals surface area contributed by atoms with Gasteiger partial charge in [0.05, 0.1) is 18.8 Å². The molecule has 1 aliphatic heterocycles. The summed E-state index contributed by atoms with van der Waals surface area (Å²) in [7, 11) is 1.71. The second kappa shape index (κ2) is 4.80. The first-order chi connectivity index (χ1) is 7.74. The van der Waals surface area contributed by atoms with E-state index >= 15 is 0 Å². The SMILES string of the molecule is CO[C@@H]1C[C@@H](CO)N(c2cc(C)ccn2)C1. The molecule has 1 aromatic rings. The molecule has 88 valence electrons. The minimum atomic E-state index is 0.124. The minimum absolute atomic E-state index is 0.124. The standard InChI is InChI=1S/C12H18N2O2/c1-9-3-4-13-12(5-9)14-7-11(16-2)6-10(14)8-15/h3-5,10-11,15H,6-8H2,1-2H3/t10-,11+/m0/s1. The Bertz CT molecular complexity index is 357. The Balaban J connectivity index is 2.19. The largest absolute Gasteiger partial charge is 0.394 e. The van der Waals surface area contributed by atoms with Gasteiger partial charge < -0.3 is 14.7 Å². The number of methoxy groups -OCH3 is 1. The summed E-state index contributed by atoms with van der Waals surface area (Å²) in [5.41, 5.74) is 1.18. The van der Waals surface area contributed by atoms with Crippen molar-refractivity contribution in [1.29, 1.82) is 0 Å². The molecule has 0 amide bonds. The number of anilines is 1. The van der Waals surface area contributed by atoms with E-state index < -0.39 is 0 Å². The number of hydrogen-bond acceptors (Lipinski definition) is 4. The van der Waals surface area contributed by atoms with Crippen LogP contribution in [0.15, 0.2) is 18.3 Å². The summed E-state index contributed by atoms with van der Waals surface area (Å²) in [4.78, 5) is 6.47. The molecule has 1 aromatic heterocycles. The van der Waals surface area contributed by atoms with Crippen LogP contribution >= 0.6 is 0 Å². The molecule has 0 saturated carbocycles. The van der Waals surface area contributed by atoms with Crippen molar-refractivity contribution in [3.63, 3.8) is 0 Å². The predicted molar refractivity (Wildman–Crippen MR) is 62.6 cm³/mol. The maximum Gasteiger partial charge on any atom is 0.129 e. The molecule has 0 aliphatic carbocycles. The molecule has 2 heterocycles. The van der Waals surface area contributed by atoms with Crippen LogP contribution in [-0.4, -0.2) is 42.5 Å². The lowest BCUT2D eigenvalue weighted by Gasteiger charge is -2.23. The summed E-state index contributed by atoms with van der Waals surface area (Å²) >= 11 is 0. The Kier molecular flexibility index (Phi) is 3.41. The van der Waals surface area contributed by atoms with Gasteiger partial charge in [-0.15, -0.1) is 0 Å². The fourth-order valence-corrected chi connectivity index (χ4v) is 2.18. The number of aromatic nitrogens is 1. The van der Waals surface area contributed by atoms with Crippen molar-refractivity contribution in [2.45, 2.75) is 25.5 Å². The normalized spacial score (nSPS) is 25.1. The van der Waals surface area contributed by atoms with Crippen LogP contribution in [0.4, 0.5) is 5.82 Å². The van der Waals surface area contributed by atoms with Crippen LogP contribution in [0, 0.1) is 6.92 Å². The number of hydrogen-bond donors (Lipinski definition) is 1. The van der Waals surface area contributed by atoms with Crippen molar-refractivity contribution in [3.8, 4) is 0 Å². The lowest BCUT2D eigenvalue weighted by atomic mass is 10.2. The van der Waals surface area contributed by atoms with E-state index in [-0.39, 0.29) is 18.8 Å². The number of aliphatic hydroxyl groups excluding tert-OH is 1. The molecule has 1 fully saturated rings. The highest BCUT2D eigenvalue weighted by Crippen LogP contribution is 2.25. The Morgan fingerprint density at radius 2 is 2.44 bits per heavy atom. The van der Waals surface area contributed by atoms with Gasteiger partial charge in [-0.25, -0.2) is 4.98 Å². The van der Waals surface area contributed by atoms with Crippen molar-refractivity contribution in [2.24, 2.45) is 0 Å². The molecule has 0 spiro atoms. The Labute approximate surface area is 95.9 Å². The third kappa shape index (κ3) is 2.18. The summed E-state index contributed by atoms with van der Waals surface area (Å²) in [6.07, 6.45) is 2.86. The Hall–Kier alpha value is -1.13. The first kappa shape index (κ1) is 11.4. The number of ether oxygens (including phenoxy) is 1. The monoisotopic (exact) mass is 222 g/mol. The molecule has 0 bridgehead atoms. The van der Waals surface area contributed by atoms with Gasteiger partial charge in [-0.05, 0) is 31.0 Å².